The molecule has 2 rings (SSSR count). The van der Waals surface area contributed by atoms with Crippen LogP contribution in [0.3, 0.4) is 0 Å². The second-order valence-electron chi connectivity index (χ2n) is 5.14. The molecule has 0 unspecified atom stereocenters. The van der Waals surface area contributed by atoms with E-state index in [0.29, 0.717) is 22.7 Å². The lowest BCUT2D eigenvalue weighted by atomic mass is 10.1. The number of anilines is 1. The molecule has 0 saturated heterocycles. The number of rotatable bonds is 7. The first kappa shape index (κ1) is 18.3. The number of amides is 1. The van der Waals surface area contributed by atoms with Crippen LogP contribution < -0.4 is 20.2 Å². The first-order valence-corrected chi connectivity index (χ1v) is 7.59. The van der Waals surface area contributed by atoms with Crippen molar-refractivity contribution in [1.29, 1.82) is 0 Å². The van der Waals surface area contributed by atoms with Gasteiger partial charge in [0.15, 0.2) is 11.6 Å². The van der Waals surface area contributed by atoms with Crippen molar-refractivity contribution in [3.63, 3.8) is 0 Å². The Morgan fingerprint density at radius 3 is 2.52 bits per heavy atom. The van der Waals surface area contributed by atoms with Gasteiger partial charge in [-0.25, -0.2) is 9.82 Å². The molecule has 1 amide bonds. The average Bonchev–Trinajstić information content (AvgIpc) is 2.64. The number of para-hydroxylation sites is 2. The minimum absolute atomic E-state index is 0.0220. The lowest BCUT2D eigenvalue weighted by Gasteiger charge is -2.10. The number of nitrogens with one attached hydrogen (secondary N) is 2. The molecule has 0 radical (unpaired) electrons. The van der Waals surface area contributed by atoms with Gasteiger partial charge in [-0.3, -0.25) is 4.79 Å². The molecule has 2 aromatic carbocycles. The van der Waals surface area contributed by atoms with Crippen molar-refractivity contribution >= 4 is 17.3 Å². The summed E-state index contributed by atoms with van der Waals surface area (Å²) in [6.45, 7) is 1.70. The number of halogens is 1. The zero-order valence-corrected chi connectivity index (χ0v) is 14.3. The number of ether oxygens (including phenoxy) is 2. The van der Waals surface area contributed by atoms with Gasteiger partial charge in [0.1, 0.15) is 5.75 Å². The maximum atomic E-state index is 13.7. The molecule has 2 N–H and O–H groups in total. The average molecular weight is 345 g/mol. The monoisotopic (exact) mass is 345 g/mol. The van der Waals surface area contributed by atoms with Crippen molar-refractivity contribution in [3.05, 3.63) is 53.8 Å². The Morgan fingerprint density at radius 2 is 1.84 bits per heavy atom. The molecule has 0 fully saturated rings. The van der Waals surface area contributed by atoms with Crippen molar-refractivity contribution < 1.29 is 18.7 Å². The normalized spacial score (nSPS) is 11.0. The molecule has 0 bridgehead atoms. The second-order valence-corrected chi connectivity index (χ2v) is 5.14. The third-order valence-electron chi connectivity index (χ3n) is 3.46. The van der Waals surface area contributed by atoms with E-state index in [4.69, 9.17) is 9.47 Å². The first-order chi connectivity index (χ1) is 12.0. The van der Waals surface area contributed by atoms with Gasteiger partial charge in [0.2, 0.25) is 0 Å². The van der Waals surface area contributed by atoms with Gasteiger partial charge < -0.3 is 14.8 Å². The van der Waals surface area contributed by atoms with Crippen molar-refractivity contribution in [2.75, 3.05) is 26.1 Å². The molecule has 132 valence electrons. The van der Waals surface area contributed by atoms with E-state index < -0.39 is 5.82 Å². The van der Waals surface area contributed by atoms with Crippen LogP contribution in [0.4, 0.5) is 10.1 Å². The van der Waals surface area contributed by atoms with Crippen molar-refractivity contribution in [3.8, 4) is 11.5 Å². The van der Waals surface area contributed by atoms with Crippen LogP contribution in [0.25, 0.3) is 0 Å². The summed E-state index contributed by atoms with van der Waals surface area (Å²) in [5, 5.41) is 6.95. The Bertz CT molecular complexity index is 778. The van der Waals surface area contributed by atoms with Gasteiger partial charge in [0, 0.05) is 5.56 Å². The maximum absolute atomic E-state index is 13.7. The van der Waals surface area contributed by atoms with E-state index in [1.165, 1.54) is 19.2 Å². The van der Waals surface area contributed by atoms with E-state index >= 15 is 0 Å². The van der Waals surface area contributed by atoms with Gasteiger partial charge in [0.25, 0.3) is 5.91 Å². The molecule has 2 aromatic rings. The smallest absolute Gasteiger partial charge is 0.259 e. The van der Waals surface area contributed by atoms with Gasteiger partial charge in [-0.05, 0) is 37.3 Å². The van der Waals surface area contributed by atoms with E-state index in [-0.39, 0.29) is 18.2 Å². The van der Waals surface area contributed by atoms with E-state index in [9.17, 15) is 9.18 Å². The minimum Gasteiger partial charge on any atom is -0.495 e. The van der Waals surface area contributed by atoms with Gasteiger partial charge in [0.05, 0.1) is 32.2 Å². The van der Waals surface area contributed by atoms with Crippen molar-refractivity contribution in [2.45, 2.75) is 6.92 Å². The first-order valence-electron chi connectivity index (χ1n) is 7.59. The van der Waals surface area contributed by atoms with Crippen LogP contribution in [0, 0.1) is 5.82 Å². The van der Waals surface area contributed by atoms with Crippen LogP contribution in [-0.2, 0) is 4.79 Å². The standard InChI is InChI=1S/C18H20FN3O3/c1-12(13-8-9-16(24-2)14(19)10-13)21-22-18(23)11-20-15-6-4-5-7-17(15)25-3/h4-10,20H,11H2,1-3H3,(H,22,23)/b21-12-. The van der Waals surface area contributed by atoms with E-state index in [2.05, 4.69) is 15.8 Å². The fourth-order valence-electron chi connectivity index (χ4n) is 2.11. The number of carbonyl (C=O) groups is 1. The van der Waals surface area contributed by atoms with Crippen LogP contribution >= 0.6 is 0 Å². The molecule has 0 aliphatic rings. The molecule has 0 atom stereocenters. The summed E-state index contributed by atoms with van der Waals surface area (Å²) in [7, 11) is 2.95. The quantitative estimate of drug-likeness (QED) is 0.598. The summed E-state index contributed by atoms with van der Waals surface area (Å²) >= 11 is 0. The molecule has 0 heterocycles. The molecule has 0 aliphatic heterocycles. The highest BCUT2D eigenvalue weighted by Gasteiger charge is 2.07. The van der Waals surface area contributed by atoms with Crippen molar-refractivity contribution in [1.82, 2.24) is 5.43 Å². The topological polar surface area (TPSA) is 72.0 Å². The van der Waals surface area contributed by atoms with Crippen LogP contribution in [0.2, 0.25) is 0 Å². The van der Waals surface area contributed by atoms with Crippen LogP contribution in [0.5, 0.6) is 11.5 Å². The Balaban J connectivity index is 1.94. The van der Waals surface area contributed by atoms with E-state index in [0.717, 1.165) is 0 Å². The Kier molecular flexibility index (Phi) is 6.33. The highest BCUT2D eigenvalue weighted by molar-refractivity contribution is 5.99. The summed E-state index contributed by atoms with van der Waals surface area (Å²) in [5.41, 5.74) is 4.17. The Hall–Kier alpha value is -3.09. The van der Waals surface area contributed by atoms with Crippen molar-refractivity contribution in [2.24, 2.45) is 5.10 Å². The van der Waals surface area contributed by atoms with Gasteiger partial charge in [-0.2, -0.15) is 5.10 Å². The number of hydrogen-bond donors (Lipinski definition) is 2. The molecule has 0 aliphatic carbocycles. The largest absolute Gasteiger partial charge is 0.495 e. The third kappa shape index (κ3) is 4.94. The molecule has 6 nitrogen and oxygen atoms in total. The Labute approximate surface area is 145 Å². The number of methoxy groups -OCH3 is 2. The maximum Gasteiger partial charge on any atom is 0.259 e. The van der Waals surface area contributed by atoms with Crippen LogP contribution in [0.15, 0.2) is 47.6 Å². The summed E-state index contributed by atoms with van der Waals surface area (Å²) in [6.07, 6.45) is 0. The summed E-state index contributed by atoms with van der Waals surface area (Å²) < 4.78 is 23.8. The minimum atomic E-state index is -0.487. The van der Waals surface area contributed by atoms with Gasteiger partial charge in [-0.15, -0.1) is 0 Å². The number of hydrazone groups is 1. The predicted octanol–water partition coefficient (Wildman–Crippen LogP) is 2.80. The zero-order chi connectivity index (χ0) is 18.2. The molecule has 25 heavy (non-hydrogen) atoms. The van der Waals surface area contributed by atoms with E-state index in [1.54, 1.807) is 32.2 Å². The van der Waals surface area contributed by atoms with Gasteiger partial charge in [-0.1, -0.05) is 12.1 Å². The lowest BCUT2D eigenvalue weighted by Crippen LogP contribution is -2.26. The summed E-state index contributed by atoms with van der Waals surface area (Å²) in [6, 6.07) is 11.8. The second kappa shape index (κ2) is 8.68. The fourth-order valence-corrected chi connectivity index (χ4v) is 2.11. The number of nitrogens with zero attached hydrogens (tertiary/aromatic N) is 1. The number of hydrogen-bond acceptors (Lipinski definition) is 5. The predicted molar refractivity (Wildman–Crippen MR) is 94.8 cm³/mol. The molecule has 0 saturated carbocycles. The zero-order valence-electron chi connectivity index (χ0n) is 14.3. The SMILES string of the molecule is COc1ccc(/C(C)=N\NC(=O)CNc2ccccc2OC)cc1F. The fraction of sp³-hybridized carbons (Fsp3) is 0.222. The molecule has 7 heteroatoms. The van der Waals surface area contributed by atoms with Crippen LogP contribution in [-0.4, -0.2) is 32.4 Å². The van der Waals surface area contributed by atoms with E-state index in [1.807, 2.05) is 12.1 Å². The molecular weight excluding hydrogens is 325 g/mol. The number of benzene rings is 2. The molecule has 0 spiro atoms. The number of carbonyl (C=O) groups excluding carboxylic acids is 1. The van der Waals surface area contributed by atoms with Crippen LogP contribution in [0.1, 0.15) is 12.5 Å². The Morgan fingerprint density at radius 1 is 1.12 bits per heavy atom. The summed E-state index contributed by atoms with van der Waals surface area (Å²) in [4.78, 5) is 11.9. The van der Waals surface area contributed by atoms with Gasteiger partial charge >= 0.3 is 0 Å². The third-order valence-corrected chi connectivity index (χ3v) is 3.46. The lowest BCUT2D eigenvalue weighted by molar-refractivity contribution is -0.119. The summed E-state index contributed by atoms with van der Waals surface area (Å²) in [5.74, 6) is -0.0248. The highest BCUT2D eigenvalue weighted by atomic mass is 19.1. The highest BCUT2D eigenvalue weighted by Crippen LogP contribution is 2.22. The molecule has 0 aromatic heterocycles. The molecular formula is C18H20FN3O3.